The van der Waals surface area contributed by atoms with E-state index in [1.807, 2.05) is 27.8 Å². The van der Waals surface area contributed by atoms with E-state index in [-0.39, 0.29) is 4.75 Å². The quantitative estimate of drug-likeness (QED) is 0.603. The topological polar surface area (TPSA) is 56.7 Å². The Bertz CT molecular complexity index is 432. The first-order chi connectivity index (χ1) is 10.8. The first-order valence-electron chi connectivity index (χ1n) is 8.89. The van der Waals surface area contributed by atoms with Crippen LogP contribution in [0.2, 0.25) is 0 Å². The Hall–Kier alpha value is -0.620. The number of hydrogen-bond acceptors (Lipinski definition) is 3. The third-order valence-corrected chi connectivity index (χ3v) is 7.11. The zero-order valence-electron chi connectivity index (χ0n) is 15.4. The van der Waals surface area contributed by atoms with Crippen LogP contribution in [-0.4, -0.2) is 64.3 Å². The van der Waals surface area contributed by atoms with Gasteiger partial charge in [0.15, 0.2) is 5.96 Å². The van der Waals surface area contributed by atoms with E-state index >= 15 is 0 Å². The summed E-state index contributed by atoms with van der Waals surface area (Å²) in [5.41, 5.74) is 0. The normalized spacial score (nSPS) is 30.8. The fraction of sp³-hybridized carbons (Fsp3) is 0.941. The molecule has 2 bridgehead atoms. The number of fused-ring (bicyclic) bond motifs is 2. The van der Waals surface area contributed by atoms with E-state index in [2.05, 4.69) is 27.6 Å². The minimum absolute atomic E-state index is 0.149. The first-order valence-corrected chi connectivity index (χ1v) is 10.2. The summed E-state index contributed by atoms with van der Waals surface area (Å²) in [6.07, 6.45) is 6.41. The Morgan fingerprint density at radius 2 is 1.87 bits per heavy atom. The molecule has 0 aliphatic carbocycles. The van der Waals surface area contributed by atoms with Gasteiger partial charge in [-0.05, 0) is 53.5 Å². The van der Waals surface area contributed by atoms with Crippen molar-refractivity contribution in [2.45, 2.75) is 75.7 Å². The predicted octanol–water partition coefficient (Wildman–Crippen LogP) is 1.71. The highest BCUT2D eigenvalue weighted by molar-refractivity contribution is 7.86. The van der Waals surface area contributed by atoms with Crippen molar-refractivity contribution in [3.63, 3.8) is 0 Å². The van der Waals surface area contributed by atoms with E-state index in [9.17, 15) is 4.21 Å². The lowest BCUT2D eigenvalue weighted by Crippen LogP contribution is -2.56. The van der Waals surface area contributed by atoms with Gasteiger partial charge in [0.25, 0.3) is 0 Å². The van der Waals surface area contributed by atoms with Gasteiger partial charge in [0.2, 0.25) is 0 Å². The molecule has 0 radical (unpaired) electrons. The molecular formula is C17H34N4OS. The summed E-state index contributed by atoms with van der Waals surface area (Å²) in [4.78, 5) is 6.91. The maximum atomic E-state index is 12.1. The number of nitrogens with zero attached hydrogens (tertiary/aromatic N) is 2. The fourth-order valence-corrected chi connectivity index (χ4v) is 4.59. The van der Waals surface area contributed by atoms with Crippen LogP contribution in [0, 0.1) is 0 Å². The SMILES string of the molecule is CN=C(NCCS(=O)C(C)(C)C)NC1CC2CCCC(C1)N2C. The molecule has 2 heterocycles. The van der Waals surface area contributed by atoms with Crippen molar-refractivity contribution in [1.29, 1.82) is 0 Å². The molecular weight excluding hydrogens is 308 g/mol. The van der Waals surface area contributed by atoms with Gasteiger partial charge in [-0.1, -0.05) is 6.42 Å². The second-order valence-corrected chi connectivity index (χ2v) is 10.2. The Balaban J connectivity index is 1.78. The van der Waals surface area contributed by atoms with Gasteiger partial charge in [-0.2, -0.15) is 0 Å². The molecule has 6 heteroatoms. The van der Waals surface area contributed by atoms with Crippen molar-refractivity contribution in [2.24, 2.45) is 4.99 Å². The summed E-state index contributed by atoms with van der Waals surface area (Å²) in [6, 6.07) is 1.93. The number of guanidine groups is 1. The van der Waals surface area contributed by atoms with Crippen LogP contribution >= 0.6 is 0 Å². The molecule has 2 N–H and O–H groups in total. The minimum Gasteiger partial charge on any atom is -0.355 e. The summed E-state index contributed by atoms with van der Waals surface area (Å²) in [6.45, 7) is 6.76. The molecule has 2 fully saturated rings. The molecule has 0 amide bonds. The van der Waals surface area contributed by atoms with E-state index in [1.54, 1.807) is 0 Å². The standard InChI is InChI=1S/C17H34N4OS/c1-17(2,3)23(22)10-9-19-16(18-4)20-13-11-14-7-6-8-15(12-13)21(14)5/h13-15H,6-12H2,1-5H3,(H2,18,19,20). The van der Waals surface area contributed by atoms with E-state index in [1.165, 1.54) is 32.1 Å². The van der Waals surface area contributed by atoms with E-state index in [0.717, 1.165) is 5.96 Å². The summed E-state index contributed by atoms with van der Waals surface area (Å²) in [5.74, 6) is 1.51. The molecule has 0 aromatic heterocycles. The van der Waals surface area contributed by atoms with Gasteiger partial charge >= 0.3 is 0 Å². The average Bonchev–Trinajstić information content (AvgIpc) is 2.46. The maximum absolute atomic E-state index is 12.1. The molecule has 23 heavy (non-hydrogen) atoms. The van der Waals surface area contributed by atoms with Crippen molar-refractivity contribution >= 4 is 16.8 Å². The molecule has 0 saturated carbocycles. The Morgan fingerprint density at radius 3 is 2.39 bits per heavy atom. The molecule has 2 rings (SSSR count). The number of nitrogens with one attached hydrogen (secondary N) is 2. The summed E-state index contributed by atoms with van der Waals surface area (Å²) < 4.78 is 11.9. The van der Waals surface area contributed by atoms with E-state index in [0.29, 0.717) is 30.4 Å². The smallest absolute Gasteiger partial charge is 0.191 e. The highest BCUT2D eigenvalue weighted by Gasteiger charge is 2.36. The third kappa shape index (κ3) is 5.18. The lowest BCUT2D eigenvalue weighted by Gasteiger charge is -2.47. The highest BCUT2D eigenvalue weighted by atomic mass is 32.2. The van der Waals surface area contributed by atoms with Crippen LogP contribution in [0.3, 0.4) is 0 Å². The van der Waals surface area contributed by atoms with Crippen LogP contribution < -0.4 is 10.6 Å². The second kappa shape index (κ2) is 7.97. The Kier molecular flexibility index (Phi) is 6.48. The van der Waals surface area contributed by atoms with Gasteiger partial charge in [-0.3, -0.25) is 9.20 Å². The molecule has 2 aliphatic rings. The molecule has 0 aromatic carbocycles. The second-order valence-electron chi connectivity index (χ2n) is 7.88. The first kappa shape index (κ1) is 18.7. The largest absolute Gasteiger partial charge is 0.355 e. The third-order valence-electron chi connectivity index (χ3n) is 5.17. The molecule has 3 unspecified atom stereocenters. The van der Waals surface area contributed by atoms with Crippen LogP contribution in [0.15, 0.2) is 4.99 Å². The van der Waals surface area contributed by atoms with Crippen LogP contribution in [0.5, 0.6) is 0 Å². The van der Waals surface area contributed by atoms with Gasteiger partial charge in [0.1, 0.15) is 0 Å². The minimum atomic E-state index is -0.823. The molecule has 3 atom stereocenters. The molecule has 0 aromatic rings. The van der Waals surface area contributed by atoms with Gasteiger partial charge < -0.3 is 15.5 Å². The molecule has 5 nitrogen and oxygen atoms in total. The lowest BCUT2D eigenvalue weighted by molar-refractivity contribution is 0.0526. The van der Waals surface area contributed by atoms with Gasteiger partial charge in [-0.15, -0.1) is 0 Å². The molecule has 0 spiro atoms. The predicted molar refractivity (Wildman–Crippen MR) is 99.5 cm³/mol. The monoisotopic (exact) mass is 342 g/mol. The van der Waals surface area contributed by atoms with Crippen molar-refractivity contribution in [1.82, 2.24) is 15.5 Å². The molecule has 134 valence electrons. The Morgan fingerprint density at radius 1 is 1.26 bits per heavy atom. The number of aliphatic imine (C=N–C) groups is 1. The molecule has 2 saturated heterocycles. The van der Waals surface area contributed by atoms with Crippen LogP contribution in [0.4, 0.5) is 0 Å². The summed E-state index contributed by atoms with van der Waals surface area (Å²) >= 11 is 0. The zero-order valence-corrected chi connectivity index (χ0v) is 16.2. The zero-order chi connectivity index (χ0) is 17.0. The average molecular weight is 343 g/mol. The summed E-state index contributed by atoms with van der Waals surface area (Å²) in [5, 5.41) is 6.91. The highest BCUT2D eigenvalue weighted by Crippen LogP contribution is 2.32. The van der Waals surface area contributed by atoms with E-state index < -0.39 is 10.8 Å². The summed E-state index contributed by atoms with van der Waals surface area (Å²) in [7, 11) is 3.27. The number of rotatable bonds is 4. The Labute approximate surface area is 144 Å². The van der Waals surface area contributed by atoms with Crippen LogP contribution in [0.1, 0.15) is 52.9 Å². The van der Waals surface area contributed by atoms with E-state index in [4.69, 9.17) is 0 Å². The van der Waals surface area contributed by atoms with Crippen LogP contribution in [-0.2, 0) is 10.8 Å². The van der Waals surface area contributed by atoms with Gasteiger partial charge in [0.05, 0.1) is 0 Å². The van der Waals surface area contributed by atoms with Crippen molar-refractivity contribution in [2.75, 3.05) is 26.4 Å². The van der Waals surface area contributed by atoms with Crippen molar-refractivity contribution in [3.8, 4) is 0 Å². The molecule has 2 aliphatic heterocycles. The van der Waals surface area contributed by atoms with Crippen LogP contribution in [0.25, 0.3) is 0 Å². The fourth-order valence-electron chi connectivity index (χ4n) is 3.69. The maximum Gasteiger partial charge on any atom is 0.191 e. The van der Waals surface area contributed by atoms with Crippen molar-refractivity contribution in [3.05, 3.63) is 0 Å². The number of hydrogen-bond donors (Lipinski definition) is 2. The van der Waals surface area contributed by atoms with Crippen molar-refractivity contribution < 1.29 is 4.21 Å². The number of piperidine rings is 2. The van der Waals surface area contributed by atoms with Gasteiger partial charge in [0, 0.05) is 53.0 Å². The van der Waals surface area contributed by atoms with Gasteiger partial charge in [-0.25, -0.2) is 0 Å². The lowest BCUT2D eigenvalue weighted by atomic mass is 9.82.